The number of piperidine rings is 1. The van der Waals surface area contributed by atoms with Crippen molar-refractivity contribution in [1.82, 2.24) is 15.2 Å². The minimum atomic E-state index is -0.204. The Bertz CT molecular complexity index is 739. The molecule has 0 spiro atoms. The van der Waals surface area contributed by atoms with E-state index in [0.29, 0.717) is 25.3 Å². The molecule has 1 N–H and O–H groups in total. The number of nitrogens with zero attached hydrogens (tertiary/aromatic N) is 2. The van der Waals surface area contributed by atoms with Crippen LogP contribution in [-0.4, -0.2) is 41.3 Å². The molecule has 0 radical (unpaired) electrons. The SMILES string of the molecule is Cc1nc(C)c(CC(=O)N2CCC[C@H](CNC(=O)c3ccco3)C2)s1. The zero-order valence-electron chi connectivity index (χ0n) is 14.6. The first-order chi connectivity index (χ1) is 12.0. The Morgan fingerprint density at radius 2 is 2.28 bits per heavy atom. The molecule has 3 rings (SSSR count). The van der Waals surface area contributed by atoms with Gasteiger partial charge in [-0.05, 0) is 44.7 Å². The van der Waals surface area contributed by atoms with Crippen LogP contribution in [0.4, 0.5) is 0 Å². The number of hydrogen-bond acceptors (Lipinski definition) is 5. The van der Waals surface area contributed by atoms with E-state index in [4.69, 9.17) is 4.42 Å². The van der Waals surface area contributed by atoms with Crippen molar-refractivity contribution >= 4 is 23.2 Å². The molecule has 1 atom stereocenters. The normalized spacial score (nSPS) is 17.5. The first-order valence-corrected chi connectivity index (χ1v) is 9.37. The molecule has 0 unspecified atom stereocenters. The van der Waals surface area contributed by atoms with Gasteiger partial charge < -0.3 is 14.6 Å². The molecule has 2 aromatic rings. The molecule has 7 heteroatoms. The van der Waals surface area contributed by atoms with Gasteiger partial charge in [-0.1, -0.05) is 0 Å². The van der Waals surface area contributed by atoms with Crippen LogP contribution in [0.3, 0.4) is 0 Å². The summed E-state index contributed by atoms with van der Waals surface area (Å²) < 4.78 is 5.09. The second-order valence-electron chi connectivity index (χ2n) is 6.45. The van der Waals surface area contributed by atoms with Gasteiger partial charge in [-0.3, -0.25) is 9.59 Å². The lowest BCUT2D eigenvalue weighted by molar-refractivity contribution is -0.132. The van der Waals surface area contributed by atoms with E-state index in [9.17, 15) is 9.59 Å². The van der Waals surface area contributed by atoms with Gasteiger partial charge in [-0.25, -0.2) is 4.98 Å². The van der Waals surface area contributed by atoms with E-state index < -0.39 is 0 Å². The van der Waals surface area contributed by atoms with Gasteiger partial charge in [0, 0.05) is 24.5 Å². The van der Waals surface area contributed by atoms with Crippen LogP contribution < -0.4 is 5.32 Å². The molecule has 0 aromatic carbocycles. The maximum atomic E-state index is 12.6. The van der Waals surface area contributed by atoms with E-state index in [1.54, 1.807) is 23.5 Å². The number of carbonyl (C=O) groups is 2. The molecule has 2 amide bonds. The molecule has 6 nitrogen and oxygen atoms in total. The number of thiazole rings is 1. The fourth-order valence-electron chi connectivity index (χ4n) is 3.18. The molecular weight excluding hydrogens is 338 g/mol. The smallest absolute Gasteiger partial charge is 0.286 e. The molecule has 2 aromatic heterocycles. The highest BCUT2D eigenvalue weighted by molar-refractivity contribution is 7.11. The molecule has 1 saturated heterocycles. The quantitative estimate of drug-likeness (QED) is 0.888. The third kappa shape index (κ3) is 4.48. The van der Waals surface area contributed by atoms with Gasteiger partial charge in [0.25, 0.3) is 5.91 Å². The molecule has 1 aliphatic heterocycles. The summed E-state index contributed by atoms with van der Waals surface area (Å²) in [6.07, 6.45) is 3.89. The van der Waals surface area contributed by atoms with E-state index in [0.717, 1.165) is 35.0 Å². The largest absolute Gasteiger partial charge is 0.459 e. The highest BCUT2D eigenvalue weighted by atomic mass is 32.1. The lowest BCUT2D eigenvalue weighted by Crippen LogP contribution is -2.44. The molecule has 1 aliphatic rings. The van der Waals surface area contributed by atoms with Gasteiger partial charge in [0.05, 0.1) is 23.4 Å². The summed E-state index contributed by atoms with van der Waals surface area (Å²) in [6.45, 7) is 5.95. The van der Waals surface area contributed by atoms with Crippen LogP contribution in [-0.2, 0) is 11.2 Å². The predicted molar refractivity (Wildman–Crippen MR) is 95.6 cm³/mol. The second-order valence-corrected chi connectivity index (χ2v) is 7.74. The molecular formula is C18H23N3O3S. The maximum Gasteiger partial charge on any atom is 0.286 e. The van der Waals surface area contributed by atoms with Crippen molar-refractivity contribution in [1.29, 1.82) is 0 Å². The number of amides is 2. The summed E-state index contributed by atoms with van der Waals surface area (Å²) in [5.41, 5.74) is 0.954. The zero-order chi connectivity index (χ0) is 17.8. The third-order valence-corrected chi connectivity index (χ3v) is 5.55. The number of hydrogen-bond donors (Lipinski definition) is 1. The van der Waals surface area contributed by atoms with E-state index in [1.165, 1.54) is 6.26 Å². The van der Waals surface area contributed by atoms with Crippen LogP contribution in [0.2, 0.25) is 0 Å². The Hall–Kier alpha value is -2.15. The average molecular weight is 361 g/mol. The Morgan fingerprint density at radius 3 is 2.96 bits per heavy atom. The summed E-state index contributed by atoms with van der Waals surface area (Å²) in [4.78, 5) is 31.9. The van der Waals surface area contributed by atoms with Crippen molar-refractivity contribution in [2.45, 2.75) is 33.1 Å². The molecule has 25 heavy (non-hydrogen) atoms. The Morgan fingerprint density at radius 1 is 1.44 bits per heavy atom. The van der Waals surface area contributed by atoms with Gasteiger partial charge in [0.15, 0.2) is 5.76 Å². The summed E-state index contributed by atoms with van der Waals surface area (Å²) in [7, 11) is 0. The van der Waals surface area contributed by atoms with Crippen molar-refractivity contribution in [2.75, 3.05) is 19.6 Å². The molecule has 3 heterocycles. The minimum absolute atomic E-state index is 0.147. The number of carbonyl (C=O) groups excluding carboxylic acids is 2. The van der Waals surface area contributed by atoms with Crippen LogP contribution in [0.25, 0.3) is 0 Å². The third-order valence-electron chi connectivity index (χ3n) is 4.48. The summed E-state index contributed by atoms with van der Waals surface area (Å²) in [5.74, 6) is 0.540. The maximum absolute atomic E-state index is 12.6. The van der Waals surface area contributed by atoms with Crippen LogP contribution in [0.15, 0.2) is 22.8 Å². The van der Waals surface area contributed by atoms with Gasteiger partial charge in [0.1, 0.15) is 0 Å². The first-order valence-electron chi connectivity index (χ1n) is 8.55. The molecule has 1 fully saturated rings. The highest BCUT2D eigenvalue weighted by Crippen LogP contribution is 2.21. The van der Waals surface area contributed by atoms with E-state index in [1.807, 2.05) is 18.7 Å². The Balaban J connectivity index is 1.51. The number of nitrogens with one attached hydrogen (secondary N) is 1. The molecule has 0 saturated carbocycles. The van der Waals surface area contributed by atoms with Crippen molar-refractivity contribution in [3.8, 4) is 0 Å². The summed E-state index contributed by atoms with van der Waals surface area (Å²) in [5, 5.41) is 3.90. The number of furan rings is 1. The standard InChI is InChI=1S/C18H23N3O3S/c1-12-16(25-13(2)20-12)9-17(22)21-7-3-5-14(11-21)10-19-18(23)15-6-4-8-24-15/h4,6,8,14H,3,5,7,9-11H2,1-2H3,(H,19,23)/t14-/m1/s1. The average Bonchev–Trinajstić information content (AvgIpc) is 3.23. The van der Waals surface area contributed by atoms with E-state index in [-0.39, 0.29) is 17.7 Å². The summed E-state index contributed by atoms with van der Waals surface area (Å²) >= 11 is 1.59. The van der Waals surface area contributed by atoms with E-state index in [2.05, 4.69) is 10.3 Å². The number of likely N-dealkylation sites (tertiary alicyclic amines) is 1. The van der Waals surface area contributed by atoms with Crippen LogP contribution in [0.5, 0.6) is 0 Å². The van der Waals surface area contributed by atoms with Gasteiger partial charge >= 0.3 is 0 Å². The van der Waals surface area contributed by atoms with Crippen LogP contribution in [0, 0.1) is 19.8 Å². The van der Waals surface area contributed by atoms with Crippen molar-refractivity contribution in [3.05, 3.63) is 39.7 Å². The van der Waals surface area contributed by atoms with Gasteiger partial charge in [-0.15, -0.1) is 11.3 Å². The molecule has 0 aliphatic carbocycles. The number of aryl methyl sites for hydroxylation is 2. The topological polar surface area (TPSA) is 75.4 Å². The Kier molecular flexibility index (Phi) is 5.53. The van der Waals surface area contributed by atoms with Crippen molar-refractivity contribution in [2.24, 2.45) is 5.92 Å². The second kappa shape index (κ2) is 7.82. The lowest BCUT2D eigenvalue weighted by Gasteiger charge is -2.32. The number of aromatic nitrogens is 1. The Labute approximate surface area is 151 Å². The van der Waals surface area contributed by atoms with Crippen molar-refractivity contribution in [3.63, 3.8) is 0 Å². The van der Waals surface area contributed by atoms with Gasteiger partial charge in [-0.2, -0.15) is 0 Å². The lowest BCUT2D eigenvalue weighted by atomic mass is 9.97. The predicted octanol–water partition coefficient (Wildman–Crippen LogP) is 2.56. The molecule has 0 bridgehead atoms. The summed E-state index contributed by atoms with van der Waals surface area (Å²) in [6, 6.07) is 3.34. The van der Waals surface area contributed by atoms with E-state index >= 15 is 0 Å². The van der Waals surface area contributed by atoms with Crippen molar-refractivity contribution < 1.29 is 14.0 Å². The fourth-order valence-corrected chi connectivity index (χ4v) is 4.10. The monoisotopic (exact) mass is 361 g/mol. The van der Waals surface area contributed by atoms with Crippen LogP contribution in [0.1, 0.15) is 39.0 Å². The number of rotatable bonds is 5. The van der Waals surface area contributed by atoms with Gasteiger partial charge in [0.2, 0.25) is 5.91 Å². The molecule has 134 valence electrons. The minimum Gasteiger partial charge on any atom is -0.459 e. The first kappa shape index (κ1) is 17.7. The zero-order valence-corrected chi connectivity index (χ0v) is 15.4. The van der Waals surface area contributed by atoms with Crippen LogP contribution >= 0.6 is 11.3 Å². The fraction of sp³-hybridized carbons (Fsp3) is 0.500. The highest BCUT2D eigenvalue weighted by Gasteiger charge is 2.25.